The predicted molar refractivity (Wildman–Crippen MR) is 183 cm³/mol. The quantitative estimate of drug-likeness (QED) is 0.149. The number of aryl methyl sites for hydroxylation is 1. The van der Waals surface area contributed by atoms with Gasteiger partial charge in [0.15, 0.2) is 0 Å². The Labute approximate surface area is 277 Å². The second kappa shape index (κ2) is 16.3. The Morgan fingerprint density at radius 2 is 1.57 bits per heavy atom. The molecule has 0 saturated heterocycles. The molecule has 0 aromatic heterocycles. The molecule has 1 unspecified atom stereocenters. The first-order valence-electron chi connectivity index (χ1n) is 15.2. The minimum absolute atomic E-state index is 0.0125. The normalized spacial score (nSPS) is 11.8. The van der Waals surface area contributed by atoms with Crippen molar-refractivity contribution in [2.75, 3.05) is 24.5 Å². The third kappa shape index (κ3) is 8.68. The number of halogens is 1. The first-order valence-corrected chi connectivity index (χ1v) is 17.0. The molecule has 8 nitrogen and oxygen atoms in total. The Morgan fingerprint density at radius 3 is 2.22 bits per heavy atom. The first-order chi connectivity index (χ1) is 22.1. The molecule has 1 atom stereocenters. The van der Waals surface area contributed by atoms with E-state index in [0.29, 0.717) is 17.1 Å². The summed E-state index contributed by atoms with van der Waals surface area (Å²) in [4.78, 5) is 30.0. The van der Waals surface area contributed by atoms with E-state index in [2.05, 4.69) is 5.32 Å². The molecule has 0 spiro atoms. The van der Waals surface area contributed by atoms with E-state index in [1.807, 2.05) is 44.2 Å². The third-order valence-electron chi connectivity index (χ3n) is 7.61. The van der Waals surface area contributed by atoms with Gasteiger partial charge in [0.25, 0.3) is 10.0 Å². The molecule has 0 aliphatic carbocycles. The molecule has 46 heavy (non-hydrogen) atoms. The first kappa shape index (κ1) is 34.5. The summed E-state index contributed by atoms with van der Waals surface area (Å²) in [7, 11) is -2.81. The lowest BCUT2D eigenvalue weighted by Crippen LogP contribution is -2.53. The van der Waals surface area contributed by atoms with Crippen LogP contribution < -0.4 is 14.4 Å². The molecule has 0 aliphatic rings. The topological polar surface area (TPSA) is 96.0 Å². The number of nitrogens with one attached hydrogen (secondary N) is 1. The fraction of sp³-hybridized carbons (Fsp3) is 0.278. The van der Waals surface area contributed by atoms with Crippen LogP contribution in [-0.2, 0) is 32.6 Å². The molecular weight excluding hydrogens is 622 g/mol. The number of methoxy groups -OCH3 is 1. The summed E-state index contributed by atoms with van der Waals surface area (Å²) in [5.41, 5.74) is 2.47. The number of nitrogens with zero attached hydrogens (tertiary/aromatic N) is 2. The second-order valence-corrected chi connectivity index (χ2v) is 13.2. The maximum atomic E-state index is 14.6. The maximum Gasteiger partial charge on any atom is 0.264 e. The molecule has 0 radical (unpaired) electrons. The molecule has 2 amide bonds. The van der Waals surface area contributed by atoms with E-state index >= 15 is 0 Å². The Hall–Kier alpha value is -4.34. The highest BCUT2D eigenvalue weighted by Gasteiger charge is 2.35. The van der Waals surface area contributed by atoms with Crippen molar-refractivity contribution in [1.29, 1.82) is 0 Å². The predicted octanol–water partition coefficient (Wildman–Crippen LogP) is 6.41. The SMILES string of the molecule is CCCCNC(=O)C(Cc1ccccc1)N(Cc1ccccc1Cl)C(=O)CN(c1cc(C)ccc1OC)S(=O)(=O)c1ccccc1. The van der Waals surface area contributed by atoms with Crippen molar-refractivity contribution in [3.05, 3.63) is 125 Å². The molecule has 0 fully saturated rings. The van der Waals surface area contributed by atoms with Crippen LogP contribution in [0.2, 0.25) is 5.02 Å². The zero-order valence-corrected chi connectivity index (χ0v) is 27.9. The Balaban J connectivity index is 1.84. The summed E-state index contributed by atoms with van der Waals surface area (Å²) in [6, 6.07) is 28.7. The van der Waals surface area contributed by atoms with Gasteiger partial charge in [-0.3, -0.25) is 13.9 Å². The monoisotopic (exact) mass is 661 g/mol. The molecular formula is C36H40ClN3O5S. The van der Waals surface area contributed by atoms with Crippen LogP contribution in [0.15, 0.2) is 108 Å². The summed E-state index contributed by atoms with van der Waals surface area (Å²) in [6.45, 7) is 3.71. The average Bonchev–Trinajstić information content (AvgIpc) is 3.06. The Kier molecular flexibility index (Phi) is 12.2. The van der Waals surface area contributed by atoms with Gasteiger partial charge in [-0.25, -0.2) is 8.42 Å². The number of amides is 2. The van der Waals surface area contributed by atoms with Crippen molar-refractivity contribution in [2.24, 2.45) is 0 Å². The average molecular weight is 662 g/mol. The highest BCUT2D eigenvalue weighted by atomic mass is 35.5. The van der Waals surface area contributed by atoms with Crippen molar-refractivity contribution >= 4 is 39.1 Å². The van der Waals surface area contributed by atoms with E-state index < -0.39 is 28.5 Å². The van der Waals surface area contributed by atoms with E-state index in [9.17, 15) is 18.0 Å². The van der Waals surface area contributed by atoms with E-state index in [0.717, 1.165) is 28.3 Å². The lowest BCUT2D eigenvalue weighted by molar-refractivity contribution is -0.140. The van der Waals surface area contributed by atoms with Crippen LogP contribution in [0.1, 0.15) is 36.5 Å². The summed E-state index contributed by atoms with van der Waals surface area (Å²) < 4.78 is 35.1. The fourth-order valence-corrected chi connectivity index (χ4v) is 6.73. The molecule has 4 aromatic rings. The van der Waals surface area contributed by atoms with Crippen molar-refractivity contribution in [2.45, 2.75) is 50.6 Å². The minimum atomic E-state index is -4.26. The van der Waals surface area contributed by atoms with E-state index in [1.165, 1.54) is 24.1 Å². The lowest BCUT2D eigenvalue weighted by atomic mass is 10.0. The molecule has 0 saturated carbocycles. The van der Waals surface area contributed by atoms with Crippen LogP contribution in [-0.4, -0.2) is 51.4 Å². The number of hydrogen-bond acceptors (Lipinski definition) is 5. The number of benzene rings is 4. The number of carbonyl (C=O) groups is 2. The molecule has 1 N–H and O–H groups in total. The molecule has 0 heterocycles. The van der Waals surface area contributed by atoms with E-state index in [4.69, 9.17) is 16.3 Å². The summed E-state index contributed by atoms with van der Waals surface area (Å²) in [6.07, 6.45) is 1.88. The number of carbonyl (C=O) groups excluding carboxylic acids is 2. The van der Waals surface area contributed by atoms with Crippen molar-refractivity contribution in [1.82, 2.24) is 10.2 Å². The van der Waals surface area contributed by atoms with Gasteiger partial charge < -0.3 is 15.0 Å². The van der Waals surface area contributed by atoms with Crippen LogP contribution in [0.5, 0.6) is 5.75 Å². The number of hydrogen-bond donors (Lipinski definition) is 1. The standard InChI is InChI=1S/C36H40ClN3O5S/c1-4-5-22-38-36(42)33(24-28-14-8-6-9-15-28)39(25-29-16-12-13-19-31(29)37)35(41)26-40(32-23-27(2)20-21-34(32)45-3)46(43,44)30-17-10-7-11-18-30/h6-21,23,33H,4-5,22,24-26H2,1-3H3,(H,38,42). The zero-order chi connectivity index (χ0) is 33.1. The smallest absolute Gasteiger partial charge is 0.264 e. The van der Waals surface area contributed by atoms with Crippen molar-refractivity contribution in [3.8, 4) is 5.75 Å². The summed E-state index contributed by atoms with van der Waals surface area (Å²) >= 11 is 6.57. The van der Waals surface area contributed by atoms with Gasteiger partial charge in [0.1, 0.15) is 18.3 Å². The molecule has 4 rings (SSSR count). The van der Waals surface area contributed by atoms with Gasteiger partial charge in [0.05, 0.1) is 17.7 Å². The molecule has 242 valence electrons. The number of sulfonamides is 1. The van der Waals surface area contributed by atoms with Gasteiger partial charge in [0.2, 0.25) is 11.8 Å². The number of unbranched alkanes of at least 4 members (excludes halogenated alkanes) is 1. The zero-order valence-electron chi connectivity index (χ0n) is 26.4. The Bertz CT molecular complexity index is 1720. The van der Waals surface area contributed by atoms with Gasteiger partial charge in [-0.2, -0.15) is 0 Å². The van der Waals surface area contributed by atoms with Crippen molar-refractivity contribution in [3.63, 3.8) is 0 Å². The van der Waals surface area contributed by atoms with E-state index in [1.54, 1.807) is 60.7 Å². The number of rotatable bonds is 15. The van der Waals surface area contributed by atoms with Crippen LogP contribution in [0.3, 0.4) is 0 Å². The summed E-state index contributed by atoms with van der Waals surface area (Å²) in [5, 5.41) is 3.42. The van der Waals surface area contributed by atoms with Crippen LogP contribution in [0.25, 0.3) is 0 Å². The molecule has 0 bridgehead atoms. The van der Waals surface area contributed by atoms with Gasteiger partial charge >= 0.3 is 0 Å². The van der Waals surface area contributed by atoms with Crippen LogP contribution >= 0.6 is 11.6 Å². The van der Waals surface area contributed by atoms with Gasteiger partial charge in [-0.1, -0.05) is 97.7 Å². The highest BCUT2D eigenvalue weighted by molar-refractivity contribution is 7.92. The molecule has 4 aromatic carbocycles. The van der Waals surface area contributed by atoms with E-state index in [-0.39, 0.29) is 35.2 Å². The fourth-order valence-electron chi connectivity index (χ4n) is 5.10. The third-order valence-corrected chi connectivity index (χ3v) is 9.75. The van der Waals surface area contributed by atoms with Crippen LogP contribution in [0.4, 0.5) is 5.69 Å². The Morgan fingerprint density at radius 1 is 0.913 bits per heavy atom. The van der Waals surface area contributed by atoms with Gasteiger partial charge in [0, 0.05) is 24.5 Å². The lowest BCUT2D eigenvalue weighted by Gasteiger charge is -2.34. The largest absolute Gasteiger partial charge is 0.495 e. The second-order valence-electron chi connectivity index (χ2n) is 11.0. The number of anilines is 1. The van der Waals surface area contributed by atoms with Gasteiger partial charge in [-0.15, -0.1) is 0 Å². The summed E-state index contributed by atoms with van der Waals surface area (Å²) in [5.74, 6) is -0.619. The molecule has 10 heteroatoms. The van der Waals surface area contributed by atoms with Crippen LogP contribution in [0, 0.1) is 6.92 Å². The van der Waals surface area contributed by atoms with Gasteiger partial charge in [-0.05, 0) is 60.4 Å². The van der Waals surface area contributed by atoms with Crippen molar-refractivity contribution < 1.29 is 22.7 Å². The highest BCUT2D eigenvalue weighted by Crippen LogP contribution is 2.34. The maximum absolute atomic E-state index is 14.6. The molecule has 0 aliphatic heterocycles. The minimum Gasteiger partial charge on any atom is -0.495 e. The number of ether oxygens (including phenoxy) is 1.